The van der Waals surface area contributed by atoms with Crippen LogP contribution in [0.5, 0.6) is 0 Å². The van der Waals surface area contributed by atoms with Gasteiger partial charge in [-0.25, -0.2) is 0 Å². The average Bonchev–Trinajstić information content (AvgIpc) is 0.722. The van der Waals surface area contributed by atoms with E-state index in [1.54, 1.807) is 0 Å². The number of rotatable bonds is 0. The predicted octanol–water partition coefficient (Wildman–Crippen LogP) is -2.01. The Hall–Kier alpha value is 1.55. The number of hydrogen-bond acceptors (Lipinski definition) is 2. The van der Waals surface area contributed by atoms with Gasteiger partial charge < -0.3 is 0 Å². The molecule has 0 amide bonds. The first-order valence-electron chi connectivity index (χ1n) is 0.698. The molecule has 2 N–H and O–H groups in total. The molecule has 0 spiro atoms. The standard InChI is InChI=1S/Cr.Na.Ni.2H2O.2O.H/h;;;2*1H2;;;/q+2;;;;;;;/p-2. The zero-order valence-corrected chi connectivity index (χ0v) is 4.70. The van der Waals surface area contributed by atoms with Gasteiger partial charge in [0.2, 0.25) is 0 Å². The molecule has 0 heterocycles. The Bertz CT molecular complexity index is 94.9. The molecule has 44 valence electrons. The first kappa shape index (κ1) is 15.8. The quantitative estimate of drug-likeness (QED) is 0.444. The van der Waals surface area contributed by atoms with Gasteiger partial charge in [-0.15, -0.1) is 0 Å². The van der Waals surface area contributed by atoms with Crippen LogP contribution in [0.15, 0.2) is 0 Å². The monoisotopic (exact) mass is 200 g/mol. The summed E-state index contributed by atoms with van der Waals surface area (Å²) >= 11 is -5.25. The van der Waals surface area contributed by atoms with Crippen molar-refractivity contribution < 1.29 is 46.0 Å². The van der Waals surface area contributed by atoms with Crippen molar-refractivity contribution in [2.75, 3.05) is 0 Å². The van der Waals surface area contributed by atoms with Crippen LogP contribution in [0.1, 0.15) is 0 Å². The van der Waals surface area contributed by atoms with Gasteiger partial charge in [-0.05, 0) is 0 Å². The van der Waals surface area contributed by atoms with Crippen LogP contribution >= 0.6 is 0 Å². The molecule has 0 saturated heterocycles. The van der Waals surface area contributed by atoms with Gasteiger partial charge >= 0.3 is 59.1 Å². The van der Waals surface area contributed by atoms with E-state index in [4.69, 9.17) is 15.9 Å². The Labute approximate surface area is 74.9 Å². The average molecular weight is 201 g/mol. The molecule has 0 aromatic carbocycles. The molecule has 0 radical (unpaired) electrons. The van der Waals surface area contributed by atoms with Gasteiger partial charge in [0.1, 0.15) is 0 Å². The van der Waals surface area contributed by atoms with E-state index >= 15 is 0 Å². The molecule has 0 bridgehead atoms. The molecular weight excluding hydrogens is 198 g/mol. The zero-order valence-electron chi connectivity index (χ0n) is 2.44. The minimum absolute atomic E-state index is 0. The molecule has 0 saturated carbocycles. The summed E-state index contributed by atoms with van der Waals surface area (Å²) in [5, 5.41) is 0. The van der Waals surface area contributed by atoms with Gasteiger partial charge in [-0.2, -0.15) is 0 Å². The fraction of sp³-hybridized carbons (Fsp3) is 0. The van der Waals surface area contributed by atoms with Crippen molar-refractivity contribution in [2.45, 2.75) is 0 Å². The normalized spacial score (nSPS) is 8.29. The van der Waals surface area contributed by atoms with Crippen molar-refractivity contribution in [3.8, 4) is 0 Å². The first-order valence-corrected chi connectivity index (χ1v) is 2.88. The molecule has 0 fully saturated rings. The summed E-state index contributed by atoms with van der Waals surface area (Å²) in [5.41, 5.74) is 0. The van der Waals surface area contributed by atoms with E-state index in [0.29, 0.717) is 0 Å². The van der Waals surface area contributed by atoms with Gasteiger partial charge in [0.15, 0.2) is 0 Å². The summed E-state index contributed by atoms with van der Waals surface area (Å²) in [7, 11) is 0. The Balaban J connectivity index is -0.0000000800. The Morgan fingerprint density at radius 3 is 1.14 bits per heavy atom. The second-order valence-electron chi connectivity index (χ2n) is 0.448. The van der Waals surface area contributed by atoms with Crippen LogP contribution in [0.2, 0.25) is 0 Å². The first-order chi connectivity index (χ1) is 2.00. The fourth-order valence-electron chi connectivity index (χ4n) is 0. The predicted molar refractivity (Wildman–Crippen MR) is 13.0 cm³/mol. The third-order valence-corrected chi connectivity index (χ3v) is 0. The molecule has 0 rings (SSSR count). The van der Waals surface area contributed by atoms with E-state index in [9.17, 15) is 0 Å². The van der Waals surface area contributed by atoms with Crippen LogP contribution in [-0.4, -0.2) is 37.9 Å². The molecular formula is H3CrNaNiO4. The maximum absolute atomic E-state index is 8.82. The molecule has 7 heteroatoms. The van der Waals surface area contributed by atoms with Crippen LogP contribution in [0.3, 0.4) is 0 Å². The zero-order chi connectivity index (χ0) is 4.50. The summed E-state index contributed by atoms with van der Waals surface area (Å²) < 4.78 is 31.9. The van der Waals surface area contributed by atoms with Gasteiger partial charge in [0.25, 0.3) is 0 Å². The summed E-state index contributed by atoms with van der Waals surface area (Å²) in [5.74, 6) is 0. The van der Waals surface area contributed by atoms with E-state index in [0.717, 1.165) is 0 Å². The van der Waals surface area contributed by atoms with Crippen molar-refractivity contribution in [1.29, 1.82) is 0 Å². The Morgan fingerprint density at radius 2 is 1.14 bits per heavy atom. The van der Waals surface area contributed by atoms with E-state index in [1.807, 2.05) is 0 Å². The van der Waals surface area contributed by atoms with Crippen LogP contribution < -0.4 is 0 Å². The minimum atomic E-state index is -5.25. The molecule has 0 aliphatic heterocycles. The van der Waals surface area contributed by atoms with E-state index in [-0.39, 0.29) is 46.0 Å². The van der Waals surface area contributed by atoms with E-state index in [2.05, 4.69) is 0 Å². The maximum atomic E-state index is 8.82. The second-order valence-corrected chi connectivity index (χ2v) is 1.85. The van der Waals surface area contributed by atoms with Gasteiger partial charge in [0, 0.05) is 16.5 Å². The molecule has 4 nitrogen and oxygen atoms in total. The summed E-state index contributed by atoms with van der Waals surface area (Å²) in [6.07, 6.45) is 0. The summed E-state index contributed by atoms with van der Waals surface area (Å²) in [6, 6.07) is 0. The van der Waals surface area contributed by atoms with Crippen molar-refractivity contribution in [1.82, 2.24) is 0 Å². The molecule has 0 aliphatic carbocycles. The summed E-state index contributed by atoms with van der Waals surface area (Å²) in [6.45, 7) is 0. The Morgan fingerprint density at radius 1 is 1.14 bits per heavy atom. The fourth-order valence-corrected chi connectivity index (χ4v) is 0. The van der Waals surface area contributed by atoms with Crippen LogP contribution in [0.25, 0.3) is 0 Å². The SMILES string of the molecule is [NaH].[Ni].[O]=[Cr](=[O])([OH])[OH]. The molecule has 0 aliphatic rings. The second kappa shape index (κ2) is 5.68. The van der Waals surface area contributed by atoms with Crippen molar-refractivity contribution in [3.63, 3.8) is 0 Å². The van der Waals surface area contributed by atoms with E-state index < -0.39 is 13.6 Å². The van der Waals surface area contributed by atoms with Gasteiger partial charge in [-0.1, -0.05) is 0 Å². The van der Waals surface area contributed by atoms with Crippen LogP contribution in [0, 0.1) is 0 Å². The molecule has 0 aromatic rings. The van der Waals surface area contributed by atoms with Crippen molar-refractivity contribution in [3.05, 3.63) is 0 Å². The van der Waals surface area contributed by atoms with Gasteiger partial charge in [0.05, 0.1) is 0 Å². The van der Waals surface area contributed by atoms with E-state index in [1.165, 1.54) is 0 Å². The molecule has 7 heavy (non-hydrogen) atoms. The number of hydrogen-bond donors (Lipinski definition) is 2. The molecule has 0 atom stereocenters. The topological polar surface area (TPSA) is 74.6 Å². The van der Waals surface area contributed by atoms with Crippen molar-refractivity contribution in [2.24, 2.45) is 0 Å². The Kier molecular flexibility index (Phi) is 12.8. The third kappa shape index (κ3) is 97.1. The van der Waals surface area contributed by atoms with Crippen molar-refractivity contribution >= 4 is 29.6 Å². The summed E-state index contributed by atoms with van der Waals surface area (Å²) in [4.78, 5) is 0. The third-order valence-electron chi connectivity index (χ3n) is 0. The van der Waals surface area contributed by atoms with Crippen LogP contribution in [-0.2, 0) is 37.7 Å². The van der Waals surface area contributed by atoms with Gasteiger partial charge in [-0.3, -0.25) is 0 Å². The molecule has 0 unspecified atom stereocenters. The molecule has 0 aromatic heterocycles. The van der Waals surface area contributed by atoms with Crippen LogP contribution in [0.4, 0.5) is 0 Å².